The van der Waals surface area contributed by atoms with Gasteiger partial charge in [0.2, 0.25) is 5.91 Å². The molecular formula is C22H24ClN3O5. The number of hydrogen-bond donors (Lipinski definition) is 1. The zero-order chi connectivity index (χ0) is 22.2. The number of ether oxygens (including phenoxy) is 2. The molecule has 0 aromatic heterocycles. The van der Waals surface area contributed by atoms with E-state index in [0.717, 1.165) is 16.0 Å². The average Bonchev–Trinajstić information content (AvgIpc) is 3.21. The van der Waals surface area contributed by atoms with Crippen molar-refractivity contribution in [2.45, 2.75) is 31.6 Å². The number of nitrogens with two attached hydrogens (primary N) is 1. The zero-order valence-electron chi connectivity index (χ0n) is 17.1. The molecular weight excluding hydrogens is 422 g/mol. The SMILES string of the molecule is COc1ccc(C[C@H](N)C(=O)N(CC2CC(Cl)=NO2)C(=O)OCc2ccccc2)cc1. The first-order valence-corrected chi connectivity index (χ1v) is 10.1. The molecule has 2 aromatic carbocycles. The number of carbonyl (C=O) groups excluding carboxylic acids is 2. The van der Waals surface area contributed by atoms with Crippen molar-refractivity contribution < 1.29 is 23.9 Å². The number of halogens is 1. The second-order valence-electron chi connectivity index (χ2n) is 7.05. The maximum atomic E-state index is 13.0. The van der Waals surface area contributed by atoms with Crippen molar-refractivity contribution in [3.63, 3.8) is 0 Å². The number of rotatable bonds is 8. The molecule has 0 bridgehead atoms. The number of oxime groups is 1. The van der Waals surface area contributed by atoms with Gasteiger partial charge in [-0.25, -0.2) is 9.69 Å². The van der Waals surface area contributed by atoms with Crippen molar-refractivity contribution in [2.24, 2.45) is 10.9 Å². The van der Waals surface area contributed by atoms with Gasteiger partial charge in [0.25, 0.3) is 0 Å². The Bertz CT molecular complexity index is 921. The summed E-state index contributed by atoms with van der Waals surface area (Å²) < 4.78 is 10.5. The minimum atomic E-state index is -0.949. The predicted octanol–water partition coefficient (Wildman–Crippen LogP) is 3.07. The lowest BCUT2D eigenvalue weighted by molar-refractivity contribution is -0.132. The first-order chi connectivity index (χ1) is 15.0. The van der Waals surface area contributed by atoms with Gasteiger partial charge in [0.1, 0.15) is 17.5 Å². The standard InChI is InChI=1S/C22H24ClN3O5/c1-29-17-9-7-15(8-10-17)11-19(24)21(27)26(13-18-12-20(23)25-31-18)22(28)30-14-16-5-3-2-4-6-16/h2-10,18-19H,11-14,24H2,1H3/t18?,19-/m0/s1. The van der Waals surface area contributed by atoms with Gasteiger partial charge in [0, 0.05) is 6.42 Å². The van der Waals surface area contributed by atoms with E-state index in [9.17, 15) is 9.59 Å². The summed E-state index contributed by atoms with van der Waals surface area (Å²) in [6.45, 7) is -0.0392. The molecule has 8 nitrogen and oxygen atoms in total. The molecule has 31 heavy (non-hydrogen) atoms. The number of amides is 2. The Morgan fingerprint density at radius 3 is 2.52 bits per heavy atom. The highest BCUT2D eigenvalue weighted by molar-refractivity contribution is 6.65. The smallest absolute Gasteiger partial charge is 0.417 e. The third-order valence-electron chi connectivity index (χ3n) is 4.71. The fourth-order valence-electron chi connectivity index (χ4n) is 3.05. The third kappa shape index (κ3) is 6.44. The van der Waals surface area contributed by atoms with E-state index in [1.54, 1.807) is 19.2 Å². The van der Waals surface area contributed by atoms with Crippen LogP contribution in [-0.2, 0) is 27.4 Å². The van der Waals surface area contributed by atoms with E-state index >= 15 is 0 Å². The average molecular weight is 446 g/mol. The summed E-state index contributed by atoms with van der Waals surface area (Å²) in [5.74, 6) is 0.130. The van der Waals surface area contributed by atoms with Crippen LogP contribution < -0.4 is 10.5 Å². The Morgan fingerprint density at radius 1 is 1.19 bits per heavy atom. The van der Waals surface area contributed by atoms with Crippen LogP contribution in [0.25, 0.3) is 0 Å². The number of nitrogens with zero attached hydrogens (tertiary/aromatic N) is 2. The normalized spacial score (nSPS) is 16.1. The second kappa shape index (κ2) is 10.8. The van der Waals surface area contributed by atoms with Crippen LogP contribution in [0.15, 0.2) is 59.8 Å². The summed E-state index contributed by atoms with van der Waals surface area (Å²) >= 11 is 5.86. The first kappa shape index (κ1) is 22.6. The molecule has 2 atom stereocenters. The molecule has 1 aliphatic rings. The van der Waals surface area contributed by atoms with Gasteiger partial charge in [-0.15, -0.1) is 0 Å². The van der Waals surface area contributed by atoms with Crippen LogP contribution in [0.1, 0.15) is 17.5 Å². The highest BCUT2D eigenvalue weighted by Crippen LogP contribution is 2.17. The molecule has 2 aromatic rings. The van der Waals surface area contributed by atoms with Gasteiger partial charge in [-0.3, -0.25) is 4.79 Å². The highest BCUT2D eigenvalue weighted by atomic mass is 35.5. The van der Waals surface area contributed by atoms with Crippen molar-refractivity contribution in [3.8, 4) is 5.75 Å². The van der Waals surface area contributed by atoms with Gasteiger partial charge in [-0.2, -0.15) is 0 Å². The van der Waals surface area contributed by atoms with Gasteiger partial charge in [0.05, 0.1) is 19.7 Å². The number of benzene rings is 2. The van der Waals surface area contributed by atoms with E-state index in [-0.39, 0.29) is 24.7 Å². The van der Waals surface area contributed by atoms with E-state index in [0.29, 0.717) is 12.2 Å². The molecule has 0 saturated carbocycles. The van der Waals surface area contributed by atoms with Gasteiger partial charge in [-0.1, -0.05) is 59.2 Å². The fourth-order valence-corrected chi connectivity index (χ4v) is 3.26. The lowest BCUT2D eigenvalue weighted by Gasteiger charge is -2.25. The van der Waals surface area contributed by atoms with Crippen LogP contribution in [0.2, 0.25) is 0 Å². The molecule has 0 saturated heterocycles. The molecule has 164 valence electrons. The molecule has 1 aliphatic heterocycles. The van der Waals surface area contributed by atoms with Gasteiger partial charge in [-0.05, 0) is 29.7 Å². The molecule has 2 amide bonds. The van der Waals surface area contributed by atoms with Crippen molar-refractivity contribution in [3.05, 3.63) is 65.7 Å². The van der Waals surface area contributed by atoms with Crippen molar-refractivity contribution in [2.75, 3.05) is 13.7 Å². The van der Waals surface area contributed by atoms with Crippen molar-refractivity contribution in [1.29, 1.82) is 0 Å². The largest absolute Gasteiger partial charge is 0.497 e. The predicted molar refractivity (Wildman–Crippen MR) is 116 cm³/mol. The van der Waals surface area contributed by atoms with Crippen LogP contribution in [-0.4, -0.2) is 47.9 Å². The topological polar surface area (TPSA) is 103 Å². The van der Waals surface area contributed by atoms with Gasteiger partial charge >= 0.3 is 6.09 Å². The molecule has 2 N–H and O–H groups in total. The molecule has 0 aliphatic carbocycles. The first-order valence-electron chi connectivity index (χ1n) is 9.75. The number of hydrogen-bond acceptors (Lipinski definition) is 7. The molecule has 9 heteroatoms. The minimum Gasteiger partial charge on any atom is -0.497 e. The lowest BCUT2D eigenvalue weighted by atomic mass is 10.1. The monoisotopic (exact) mass is 445 g/mol. The number of imide groups is 1. The fraction of sp³-hybridized carbons (Fsp3) is 0.318. The summed E-state index contributed by atoms with van der Waals surface area (Å²) in [6, 6.07) is 15.4. The number of carbonyl (C=O) groups is 2. The Kier molecular flexibility index (Phi) is 7.86. The summed E-state index contributed by atoms with van der Waals surface area (Å²) in [5.41, 5.74) is 7.78. The van der Waals surface area contributed by atoms with E-state index in [2.05, 4.69) is 5.16 Å². The summed E-state index contributed by atoms with van der Waals surface area (Å²) in [6.07, 6.45) is -0.807. The van der Waals surface area contributed by atoms with E-state index in [1.807, 2.05) is 42.5 Å². The summed E-state index contributed by atoms with van der Waals surface area (Å²) in [4.78, 5) is 31.9. The van der Waals surface area contributed by atoms with E-state index in [4.69, 9.17) is 31.6 Å². The van der Waals surface area contributed by atoms with E-state index in [1.165, 1.54) is 0 Å². The van der Waals surface area contributed by atoms with Crippen LogP contribution in [0.5, 0.6) is 5.75 Å². The zero-order valence-corrected chi connectivity index (χ0v) is 17.8. The minimum absolute atomic E-state index is 0.0277. The summed E-state index contributed by atoms with van der Waals surface area (Å²) in [5, 5.41) is 3.94. The second-order valence-corrected chi connectivity index (χ2v) is 7.48. The quantitative estimate of drug-likeness (QED) is 0.669. The van der Waals surface area contributed by atoms with Crippen LogP contribution in [0.4, 0.5) is 4.79 Å². The Hall–Kier alpha value is -3.10. The molecule has 0 fully saturated rings. The highest BCUT2D eigenvalue weighted by Gasteiger charge is 2.33. The van der Waals surface area contributed by atoms with Crippen LogP contribution >= 0.6 is 11.6 Å². The number of methoxy groups -OCH3 is 1. The van der Waals surface area contributed by atoms with Crippen molar-refractivity contribution in [1.82, 2.24) is 4.90 Å². The van der Waals surface area contributed by atoms with Gasteiger partial charge < -0.3 is 20.0 Å². The van der Waals surface area contributed by atoms with Crippen molar-refractivity contribution >= 4 is 28.8 Å². The maximum absolute atomic E-state index is 13.0. The molecule has 0 spiro atoms. The Balaban J connectivity index is 1.67. The lowest BCUT2D eigenvalue weighted by Crippen LogP contribution is -2.50. The van der Waals surface area contributed by atoms with Crippen LogP contribution in [0.3, 0.4) is 0 Å². The third-order valence-corrected chi connectivity index (χ3v) is 4.93. The molecule has 0 radical (unpaired) electrons. The van der Waals surface area contributed by atoms with Gasteiger partial charge in [0.15, 0.2) is 6.10 Å². The Labute approximate surface area is 185 Å². The molecule has 1 unspecified atom stereocenters. The van der Waals surface area contributed by atoms with E-state index < -0.39 is 24.1 Å². The molecule has 1 heterocycles. The maximum Gasteiger partial charge on any atom is 0.417 e. The summed E-state index contributed by atoms with van der Waals surface area (Å²) in [7, 11) is 1.57. The van der Waals surface area contributed by atoms with Crippen LogP contribution in [0, 0.1) is 0 Å². The Morgan fingerprint density at radius 2 is 1.90 bits per heavy atom. The molecule has 3 rings (SSSR count).